The van der Waals surface area contributed by atoms with Gasteiger partial charge in [-0.2, -0.15) is 0 Å². The quantitative estimate of drug-likeness (QED) is 0.319. The topological polar surface area (TPSA) is 128 Å². The second-order valence-corrected chi connectivity index (χ2v) is 6.40. The maximum atomic E-state index is 12.1. The first-order valence-electron chi connectivity index (χ1n) is 9.04. The fourth-order valence-corrected chi connectivity index (χ4v) is 2.19. The number of carbonyl (C=O) groups excluding carboxylic acids is 2. The number of phenols is 2. The lowest BCUT2D eigenvalue weighted by molar-refractivity contribution is -0.155. The third kappa shape index (κ3) is 8.17. The molecule has 8 heteroatoms. The molecular weight excluding hydrogens is 354 g/mol. The van der Waals surface area contributed by atoms with Gasteiger partial charge in [-0.3, -0.25) is 4.79 Å². The molecule has 0 heterocycles. The van der Waals surface area contributed by atoms with Crippen molar-refractivity contribution in [2.45, 2.75) is 64.7 Å². The fourth-order valence-electron chi connectivity index (χ4n) is 2.19. The van der Waals surface area contributed by atoms with Gasteiger partial charge < -0.3 is 30.2 Å². The Morgan fingerprint density at radius 2 is 1.74 bits per heavy atom. The molecule has 0 bridgehead atoms. The monoisotopic (exact) mass is 383 g/mol. The van der Waals surface area contributed by atoms with E-state index in [0.717, 1.165) is 19.3 Å². The van der Waals surface area contributed by atoms with E-state index in [1.807, 2.05) is 6.92 Å². The second kappa shape index (κ2) is 11.3. The molecule has 8 nitrogen and oxygen atoms in total. The average Bonchev–Trinajstić information content (AvgIpc) is 2.61. The van der Waals surface area contributed by atoms with E-state index in [1.54, 1.807) is 19.9 Å². The Labute approximate surface area is 159 Å². The summed E-state index contributed by atoms with van der Waals surface area (Å²) in [6.45, 7) is 5.52. The van der Waals surface area contributed by atoms with Crippen molar-refractivity contribution in [3.05, 3.63) is 23.8 Å². The zero-order valence-electron chi connectivity index (χ0n) is 16.0. The minimum absolute atomic E-state index is 0.119. The molecule has 4 N–H and O–H groups in total. The van der Waals surface area contributed by atoms with E-state index < -0.39 is 30.4 Å². The number of aromatic hydroxyl groups is 2. The van der Waals surface area contributed by atoms with Gasteiger partial charge in [-0.1, -0.05) is 25.8 Å². The third-order valence-electron chi connectivity index (χ3n) is 4.01. The number of hydrogen-bond acceptors (Lipinski definition) is 8. The van der Waals surface area contributed by atoms with Crippen molar-refractivity contribution < 1.29 is 34.0 Å². The smallest absolute Gasteiger partial charge is 0.504 e. The van der Waals surface area contributed by atoms with Crippen LogP contribution in [0.4, 0.5) is 4.79 Å². The molecule has 27 heavy (non-hydrogen) atoms. The van der Waals surface area contributed by atoms with Crippen molar-refractivity contribution >= 4 is 12.1 Å². The summed E-state index contributed by atoms with van der Waals surface area (Å²) in [5.74, 6) is -1.21. The van der Waals surface area contributed by atoms with Crippen LogP contribution in [-0.2, 0) is 25.4 Å². The molecule has 0 spiro atoms. The van der Waals surface area contributed by atoms with Gasteiger partial charge in [-0.15, -0.1) is 0 Å². The lowest BCUT2D eigenvalue weighted by Gasteiger charge is -2.22. The largest absolute Gasteiger partial charge is 0.508 e. The highest BCUT2D eigenvalue weighted by molar-refractivity contribution is 5.76. The number of esters is 1. The number of nitrogens with two attached hydrogens (primary N) is 1. The summed E-state index contributed by atoms with van der Waals surface area (Å²) in [4.78, 5) is 23.7. The molecule has 1 aromatic carbocycles. The van der Waals surface area contributed by atoms with Crippen LogP contribution in [0.5, 0.6) is 11.5 Å². The van der Waals surface area contributed by atoms with Crippen molar-refractivity contribution in [3.8, 4) is 11.5 Å². The second-order valence-electron chi connectivity index (χ2n) is 6.40. The summed E-state index contributed by atoms with van der Waals surface area (Å²) >= 11 is 0. The van der Waals surface area contributed by atoms with Crippen molar-refractivity contribution in [3.63, 3.8) is 0 Å². The number of rotatable bonds is 10. The first kappa shape index (κ1) is 22.6. The number of benzene rings is 1. The molecule has 0 aliphatic heterocycles. The zero-order chi connectivity index (χ0) is 20.4. The predicted molar refractivity (Wildman–Crippen MR) is 98.4 cm³/mol. The van der Waals surface area contributed by atoms with Gasteiger partial charge in [-0.05, 0) is 44.4 Å². The number of ether oxygens (including phenoxy) is 3. The number of unbranched alkanes of at least 4 members (excludes halogenated alkanes) is 2. The SMILES string of the molecule is CCCCCOC(=O)O[C@H](C)[C@@H](C)OC(=O)[C@@H](N)Cc1ccc(O)c(O)c1. The predicted octanol–water partition coefficient (Wildman–Crippen LogP) is 2.63. The van der Waals surface area contributed by atoms with Crippen LogP contribution >= 0.6 is 0 Å². The molecule has 152 valence electrons. The summed E-state index contributed by atoms with van der Waals surface area (Å²) < 4.78 is 15.3. The first-order chi connectivity index (χ1) is 12.7. The Balaban J connectivity index is 2.42. The van der Waals surface area contributed by atoms with Gasteiger partial charge in [0.25, 0.3) is 0 Å². The molecule has 0 aliphatic rings. The van der Waals surface area contributed by atoms with Gasteiger partial charge in [-0.25, -0.2) is 4.79 Å². The molecule has 0 saturated carbocycles. The Morgan fingerprint density at radius 1 is 1.07 bits per heavy atom. The van der Waals surface area contributed by atoms with Crippen LogP contribution in [0.15, 0.2) is 18.2 Å². The van der Waals surface area contributed by atoms with Crippen molar-refractivity contribution in [2.24, 2.45) is 5.73 Å². The van der Waals surface area contributed by atoms with Gasteiger partial charge in [0.2, 0.25) is 0 Å². The first-order valence-corrected chi connectivity index (χ1v) is 9.04. The summed E-state index contributed by atoms with van der Waals surface area (Å²) in [7, 11) is 0. The minimum atomic E-state index is -0.968. The number of carbonyl (C=O) groups is 2. The third-order valence-corrected chi connectivity index (χ3v) is 4.01. The normalized spacial score (nSPS) is 14.1. The van der Waals surface area contributed by atoms with Gasteiger partial charge in [0, 0.05) is 0 Å². The molecule has 0 radical (unpaired) electrons. The Kier molecular flexibility index (Phi) is 9.42. The number of phenolic OH excluding ortho intramolecular Hbond substituents is 2. The van der Waals surface area contributed by atoms with Crippen LogP contribution in [0.3, 0.4) is 0 Å². The highest BCUT2D eigenvalue weighted by Crippen LogP contribution is 2.25. The van der Waals surface area contributed by atoms with Gasteiger partial charge in [0.05, 0.1) is 6.61 Å². The maximum absolute atomic E-state index is 12.1. The standard InChI is InChI=1S/C19H29NO7/c1-4-5-6-9-25-19(24)27-13(3)12(2)26-18(23)15(20)10-14-7-8-16(21)17(22)11-14/h7-8,11-13,15,21-22H,4-6,9-10,20H2,1-3H3/t12-,13-,15+/m1/s1. The lowest BCUT2D eigenvalue weighted by Crippen LogP contribution is -2.39. The fraction of sp³-hybridized carbons (Fsp3) is 0.579. The lowest BCUT2D eigenvalue weighted by atomic mass is 10.1. The van der Waals surface area contributed by atoms with Crippen LogP contribution in [0.25, 0.3) is 0 Å². The van der Waals surface area contributed by atoms with Gasteiger partial charge >= 0.3 is 12.1 Å². The zero-order valence-corrected chi connectivity index (χ0v) is 16.0. The molecule has 0 unspecified atom stereocenters. The van der Waals surface area contributed by atoms with E-state index in [0.29, 0.717) is 5.56 Å². The van der Waals surface area contributed by atoms with E-state index in [1.165, 1.54) is 12.1 Å². The highest BCUT2D eigenvalue weighted by Gasteiger charge is 2.24. The molecule has 0 amide bonds. The van der Waals surface area contributed by atoms with Crippen LogP contribution < -0.4 is 5.73 Å². The Bertz CT molecular complexity index is 620. The summed E-state index contributed by atoms with van der Waals surface area (Å²) in [5.41, 5.74) is 6.40. The highest BCUT2D eigenvalue weighted by atomic mass is 16.7. The van der Waals surface area contributed by atoms with Crippen molar-refractivity contribution in [2.75, 3.05) is 6.61 Å². The molecule has 0 aromatic heterocycles. The Morgan fingerprint density at radius 3 is 2.37 bits per heavy atom. The van der Waals surface area contributed by atoms with E-state index in [9.17, 15) is 19.8 Å². The van der Waals surface area contributed by atoms with Gasteiger partial charge in [0.15, 0.2) is 11.5 Å². The molecule has 3 atom stereocenters. The van der Waals surface area contributed by atoms with Crippen LogP contribution in [0.1, 0.15) is 45.6 Å². The summed E-state index contributed by atoms with van der Waals surface area (Å²) in [6, 6.07) is 3.22. The van der Waals surface area contributed by atoms with Crippen LogP contribution in [0.2, 0.25) is 0 Å². The molecule has 0 aliphatic carbocycles. The average molecular weight is 383 g/mol. The van der Waals surface area contributed by atoms with E-state index in [-0.39, 0.29) is 24.5 Å². The minimum Gasteiger partial charge on any atom is -0.504 e. The van der Waals surface area contributed by atoms with Crippen LogP contribution in [-0.4, -0.2) is 47.2 Å². The van der Waals surface area contributed by atoms with E-state index >= 15 is 0 Å². The van der Waals surface area contributed by atoms with E-state index in [2.05, 4.69) is 0 Å². The maximum Gasteiger partial charge on any atom is 0.508 e. The van der Waals surface area contributed by atoms with Gasteiger partial charge in [0.1, 0.15) is 18.2 Å². The molecule has 0 saturated heterocycles. The van der Waals surface area contributed by atoms with E-state index in [4.69, 9.17) is 19.9 Å². The molecule has 1 rings (SSSR count). The molecule has 1 aromatic rings. The molecular formula is C19H29NO7. The molecule has 0 fully saturated rings. The summed E-state index contributed by atoms with van der Waals surface area (Å²) in [6.07, 6.45) is 0.669. The summed E-state index contributed by atoms with van der Waals surface area (Å²) in [5, 5.41) is 18.8. The van der Waals surface area contributed by atoms with Crippen LogP contribution in [0, 0.1) is 0 Å². The number of hydrogen-bond donors (Lipinski definition) is 3. The van der Waals surface area contributed by atoms with Crippen molar-refractivity contribution in [1.82, 2.24) is 0 Å². The van der Waals surface area contributed by atoms with Crippen molar-refractivity contribution in [1.29, 1.82) is 0 Å². The Hall–Kier alpha value is -2.48.